The highest BCUT2D eigenvalue weighted by molar-refractivity contribution is 7.13. The minimum absolute atomic E-state index is 0.367. The molecule has 0 amide bonds. The number of aliphatic carboxylic acids is 1. The van der Waals surface area contributed by atoms with Crippen LogP contribution >= 0.6 is 23.1 Å². The third-order valence-electron chi connectivity index (χ3n) is 4.39. The molecule has 10 heteroatoms. The van der Waals surface area contributed by atoms with E-state index in [1.165, 1.54) is 12.4 Å². The summed E-state index contributed by atoms with van der Waals surface area (Å²) in [5.74, 6) is -0.700. The van der Waals surface area contributed by atoms with Crippen LogP contribution in [0.5, 0.6) is 0 Å². The van der Waals surface area contributed by atoms with E-state index in [2.05, 4.69) is 24.7 Å². The zero-order chi connectivity index (χ0) is 21.8. The molecule has 8 nitrogen and oxygen atoms in total. The van der Waals surface area contributed by atoms with Gasteiger partial charge in [0, 0.05) is 11.8 Å². The summed E-state index contributed by atoms with van der Waals surface area (Å²) < 4.78 is 4.38. The van der Waals surface area contributed by atoms with Gasteiger partial charge in [0.25, 0.3) is 0 Å². The van der Waals surface area contributed by atoms with E-state index in [0.717, 1.165) is 22.7 Å². The van der Waals surface area contributed by atoms with E-state index in [4.69, 9.17) is 21.8 Å². The van der Waals surface area contributed by atoms with Crippen molar-refractivity contribution >= 4 is 57.2 Å². The molecule has 4 rings (SSSR count). The van der Waals surface area contributed by atoms with Crippen LogP contribution < -0.4 is 5.32 Å². The van der Waals surface area contributed by atoms with E-state index in [1.807, 2.05) is 48.5 Å². The second kappa shape index (κ2) is 9.17. The molecule has 2 aromatic carbocycles. The Morgan fingerprint density at radius 1 is 1.23 bits per heavy atom. The maximum Gasteiger partial charge on any atom is 0.330 e. The average molecular weight is 454 g/mol. The molecular weight excluding hydrogens is 438 g/mol. The summed E-state index contributed by atoms with van der Waals surface area (Å²) in [5.41, 5.74) is 3.51. The third-order valence-corrected chi connectivity index (χ3v) is 5.53. The molecular formula is C21H16ClN5O3S. The highest BCUT2D eigenvalue weighted by atomic mass is 35.5. The van der Waals surface area contributed by atoms with Crippen molar-refractivity contribution < 1.29 is 15.0 Å². The van der Waals surface area contributed by atoms with Gasteiger partial charge >= 0.3 is 5.97 Å². The molecule has 1 atom stereocenters. The van der Waals surface area contributed by atoms with Crippen LogP contribution in [-0.4, -0.2) is 49.4 Å². The van der Waals surface area contributed by atoms with Crippen LogP contribution in [0.4, 0.5) is 11.5 Å². The van der Waals surface area contributed by atoms with E-state index in [1.54, 1.807) is 0 Å². The molecule has 2 aromatic heterocycles. The predicted molar refractivity (Wildman–Crippen MR) is 121 cm³/mol. The average Bonchev–Trinajstić information content (AvgIpc) is 3.18. The van der Waals surface area contributed by atoms with Crippen molar-refractivity contribution in [3.63, 3.8) is 0 Å². The molecule has 0 radical (unpaired) electrons. The van der Waals surface area contributed by atoms with Crippen LogP contribution in [0.3, 0.4) is 0 Å². The van der Waals surface area contributed by atoms with E-state index in [9.17, 15) is 4.79 Å². The van der Waals surface area contributed by atoms with Gasteiger partial charge in [-0.3, -0.25) is 4.99 Å². The highest BCUT2D eigenvalue weighted by Crippen LogP contribution is 2.36. The summed E-state index contributed by atoms with van der Waals surface area (Å²) in [5, 5.41) is 21.8. The first-order valence-electron chi connectivity index (χ1n) is 9.17. The van der Waals surface area contributed by atoms with Gasteiger partial charge in [0.05, 0.1) is 23.5 Å². The molecule has 0 unspecified atom stereocenters. The Hall–Kier alpha value is -3.40. The topological polar surface area (TPSA) is 121 Å². The number of aliphatic hydroxyl groups excluding tert-OH is 1. The van der Waals surface area contributed by atoms with Gasteiger partial charge in [-0.1, -0.05) is 54.1 Å². The summed E-state index contributed by atoms with van der Waals surface area (Å²) >= 11 is 7.78. The Morgan fingerprint density at radius 3 is 2.77 bits per heavy atom. The zero-order valence-electron chi connectivity index (χ0n) is 15.9. The number of aliphatic hydroxyl groups is 1. The second-order valence-corrected chi connectivity index (χ2v) is 7.58. The van der Waals surface area contributed by atoms with Crippen molar-refractivity contribution in [1.29, 1.82) is 0 Å². The van der Waals surface area contributed by atoms with Crippen LogP contribution in [0.15, 0.2) is 59.7 Å². The molecule has 31 heavy (non-hydrogen) atoms. The van der Waals surface area contributed by atoms with Crippen molar-refractivity contribution in [2.75, 3.05) is 11.9 Å². The summed E-state index contributed by atoms with van der Waals surface area (Å²) in [7, 11) is 0. The van der Waals surface area contributed by atoms with Gasteiger partial charge in [0.1, 0.15) is 11.2 Å². The number of hydrogen-bond donors (Lipinski definition) is 3. The van der Waals surface area contributed by atoms with Gasteiger partial charge < -0.3 is 15.5 Å². The molecule has 0 aliphatic heterocycles. The number of aromatic nitrogens is 3. The minimum Gasteiger partial charge on any atom is -0.480 e. The first-order valence-corrected chi connectivity index (χ1v) is 10.3. The van der Waals surface area contributed by atoms with Crippen LogP contribution in [0.2, 0.25) is 5.02 Å². The molecule has 0 bridgehead atoms. The molecule has 0 spiro atoms. The van der Waals surface area contributed by atoms with Gasteiger partial charge in [0.2, 0.25) is 0 Å². The van der Waals surface area contributed by atoms with E-state index in [-0.39, 0.29) is 0 Å². The number of fused-ring (bicyclic) bond motifs is 1. The fourth-order valence-electron chi connectivity index (χ4n) is 2.84. The predicted octanol–water partition coefficient (Wildman–Crippen LogP) is 4.01. The lowest BCUT2D eigenvalue weighted by atomic mass is 10.1. The molecule has 2 heterocycles. The van der Waals surface area contributed by atoms with Gasteiger partial charge in [-0.25, -0.2) is 14.8 Å². The Kier molecular flexibility index (Phi) is 6.17. The van der Waals surface area contributed by atoms with E-state index < -0.39 is 18.6 Å². The summed E-state index contributed by atoms with van der Waals surface area (Å²) in [6.45, 7) is -0.598. The number of nitrogens with one attached hydrogen (secondary N) is 1. The molecule has 0 fully saturated rings. The Morgan fingerprint density at radius 2 is 2.03 bits per heavy atom. The number of hydrogen-bond acceptors (Lipinski definition) is 8. The molecule has 0 saturated heterocycles. The van der Waals surface area contributed by atoms with Crippen molar-refractivity contribution in [2.24, 2.45) is 4.99 Å². The number of carboxylic acid groups (broad SMARTS) is 1. The lowest BCUT2D eigenvalue weighted by Gasteiger charge is -2.10. The van der Waals surface area contributed by atoms with Crippen LogP contribution in [0.1, 0.15) is 5.69 Å². The number of aliphatic imine (C=N–C) groups is 1. The highest BCUT2D eigenvalue weighted by Gasteiger charge is 2.15. The Labute approximate surface area is 186 Å². The maximum absolute atomic E-state index is 10.9. The Balaban J connectivity index is 1.61. The lowest BCUT2D eigenvalue weighted by Crippen LogP contribution is -2.22. The fourth-order valence-corrected chi connectivity index (χ4v) is 3.81. The summed E-state index contributed by atoms with van der Waals surface area (Å²) in [6.07, 6.45) is 2.73. The normalized spacial score (nSPS) is 12.3. The van der Waals surface area contributed by atoms with Gasteiger partial charge in [-0.15, -0.1) is 0 Å². The molecule has 0 aliphatic carbocycles. The summed E-state index contributed by atoms with van der Waals surface area (Å²) in [6, 6.07) is 14.3. The molecule has 0 saturated carbocycles. The molecule has 3 N–H and O–H groups in total. The van der Waals surface area contributed by atoms with Crippen molar-refractivity contribution in [3.8, 4) is 11.1 Å². The first kappa shape index (κ1) is 20.9. The van der Waals surface area contributed by atoms with Gasteiger partial charge in [-0.2, -0.15) is 4.37 Å². The lowest BCUT2D eigenvalue weighted by molar-refractivity contribution is -0.139. The van der Waals surface area contributed by atoms with Crippen molar-refractivity contribution in [2.45, 2.75) is 6.04 Å². The summed E-state index contributed by atoms with van der Waals surface area (Å²) in [4.78, 5) is 24.1. The molecule has 4 aromatic rings. The van der Waals surface area contributed by atoms with Gasteiger partial charge in [-0.05, 0) is 23.2 Å². The van der Waals surface area contributed by atoms with E-state index in [0.29, 0.717) is 32.6 Å². The number of anilines is 2. The molecule has 156 valence electrons. The monoisotopic (exact) mass is 453 g/mol. The van der Waals surface area contributed by atoms with Crippen molar-refractivity contribution in [3.05, 3.63) is 65.4 Å². The number of halogens is 1. The maximum atomic E-state index is 10.9. The second-order valence-electron chi connectivity index (χ2n) is 6.45. The largest absolute Gasteiger partial charge is 0.480 e. The van der Waals surface area contributed by atoms with Gasteiger partial charge in [0.15, 0.2) is 16.7 Å². The first-order chi connectivity index (χ1) is 15.1. The number of carboxylic acids is 1. The zero-order valence-corrected chi connectivity index (χ0v) is 17.5. The third kappa shape index (κ3) is 4.53. The SMILES string of the molecule is O=C(O)[C@H](CO)N=Cc1cnc2c(Nc3cccc(-c4ccccc4)c3Cl)nsc2n1. The number of rotatable bonds is 7. The van der Waals surface area contributed by atoms with Crippen molar-refractivity contribution in [1.82, 2.24) is 14.3 Å². The van der Waals surface area contributed by atoms with Crippen LogP contribution in [0.25, 0.3) is 21.5 Å². The Bertz CT molecular complexity index is 1260. The molecule has 0 aliphatic rings. The number of benzene rings is 2. The number of nitrogens with zero attached hydrogens (tertiary/aromatic N) is 4. The fraction of sp³-hybridized carbons (Fsp3) is 0.0952. The number of carbonyl (C=O) groups is 1. The standard InChI is InChI=1S/C21H16ClN5O3S/c22-17-14(12-5-2-1-3-6-12)7-4-8-15(17)26-19-18-20(31-27-19)25-13(10-24-18)9-23-16(11-28)21(29)30/h1-10,16,28H,11H2,(H,26,27)(H,29,30)/t16-/m0/s1. The van der Waals surface area contributed by atoms with Crippen LogP contribution in [-0.2, 0) is 4.79 Å². The quantitative estimate of drug-likeness (QED) is 0.361. The van der Waals surface area contributed by atoms with E-state index >= 15 is 0 Å². The minimum atomic E-state index is -1.24. The smallest absolute Gasteiger partial charge is 0.330 e. The van der Waals surface area contributed by atoms with Crippen LogP contribution in [0, 0.1) is 0 Å².